The summed E-state index contributed by atoms with van der Waals surface area (Å²) in [4.78, 5) is 0. The van der Waals surface area contributed by atoms with Crippen molar-refractivity contribution in [2.75, 3.05) is 13.2 Å². The summed E-state index contributed by atoms with van der Waals surface area (Å²) in [7, 11) is 0. The van der Waals surface area contributed by atoms with Gasteiger partial charge in [-0.1, -0.05) is 168 Å². The molecule has 0 heterocycles. The maximum atomic E-state index is 6.55. The Balaban J connectivity index is 1.65. The van der Waals surface area contributed by atoms with Crippen LogP contribution in [0, 0.1) is 0 Å². The minimum Gasteiger partial charge on any atom is -0.494 e. The molecule has 0 aromatic heterocycles. The fourth-order valence-electron chi connectivity index (χ4n) is 8.01. The van der Waals surface area contributed by atoms with Crippen molar-refractivity contribution < 1.29 is 9.47 Å². The number of hydrogen-bond donors (Lipinski definition) is 0. The van der Waals surface area contributed by atoms with E-state index in [9.17, 15) is 0 Å². The van der Waals surface area contributed by atoms with E-state index >= 15 is 0 Å². The fraction of sp³-hybridized carbons (Fsp3) is 0.667. The van der Waals surface area contributed by atoms with E-state index in [1.165, 1.54) is 185 Å². The van der Waals surface area contributed by atoms with Gasteiger partial charge in [0.1, 0.15) is 11.5 Å². The van der Waals surface area contributed by atoms with Gasteiger partial charge >= 0.3 is 0 Å². The maximum Gasteiger partial charge on any atom is 0.120 e. The smallest absolute Gasteiger partial charge is 0.120 e. The molecule has 4 aromatic rings. The van der Waals surface area contributed by atoms with Crippen LogP contribution in [0.25, 0.3) is 32.3 Å². The van der Waals surface area contributed by atoms with E-state index in [4.69, 9.17) is 9.47 Å². The molecular formula is C48H74O2. The summed E-state index contributed by atoms with van der Waals surface area (Å²) in [5.41, 5.74) is 2.97. The Morgan fingerprint density at radius 1 is 0.340 bits per heavy atom. The van der Waals surface area contributed by atoms with Crippen LogP contribution in [0.15, 0.2) is 36.4 Å². The Labute approximate surface area is 307 Å². The van der Waals surface area contributed by atoms with Crippen molar-refractivity contribution in [3.8, 4) is 11.5 Å². The Bertz CT molecular complexity index is 1360. The summed E-state index contributed by atoms with van der Waals surface area (Å²) in [6.45, 7) is 10.8. The lowest BCUT2D eigenvalue weighted by Crippen LogP contribution is -2.01. The average Bonchev–Trinajstić information content (AvgIpc) is 3.12. The van der Waals surface area contributed by atoms with E-state index in [0.29, 0.717) is 0 Å². The van der Waals surface area contributed by atoms with Crippen molar-refractivity contribution in [3.05, 3.63) is 47.5 Å². The molecule has 0 radical (unpaired) electrons. The molecule has 278 valence electrons. The van der Waals surface area contributed by atoms with Gasteiger partial charge in [0.25, 0.3) is 0 Å². The number of benzene rings is 4. The van der Waals surface area contributed by atoms with Gasteiger partial charge in [-0.15, -0.1) is 0 Å². The molecule has 0 saturated carbocycles. The van der Waals surface area contributed by atoms with Gasteiger partial charge in [-0.05, 0) is 106 Å². The SMILES string of the molecule is CCCCCCCCOc1cc2cc(CCCCCCCC)c3cc(OCCCCCCCC)cc4cc(CCCCCCCC)c(c1)c2c43. The summed E-state index contributed by atoms with van der Waals surface area (Å²) in [6.07, 6.45) is 33.6. The molecule has 4 aromatic carbocycles. The average molecular weight is 683 g/mol. The van der Waals surface area contributed by atoms with E-state index in [1.54, 1.807) is 0 Å². The Kier molecular flexibility index (Phi) is 19.3. The Morgan fingerprint density at radius 3 is 1.02 bits per heavy atom. The number of rotatable bonds is 30. The summed E-state index contributed by atoms with van der Waals surface area (Å²) < 4.78 is 13.1. The van der Waals surface area contributed by atoms with E-state index in [1.807, 2.05) is 0 Å². The summed E-state index contributed by atoms with van der Waals surface area (Å²) in [5.74, 6) is 2.12. The summed E-state index contributed by atoms with van der Waals surface area (Å²) in [5, 5.41) is 8.45. The molecule has 0 bridgehead atoms. The molecule has 0 atom stereocenters. The summed E-state index contributed by atoms with van der Waals surface area (Å²) >= 11 is 0. The van der Waals surface area contributed by atoms with Crippen molar-refractivity contribution in [2.24, 2.45) is 0 Å². The quantitative estimate of drug-likeness (QED) is 0.0402. The molecule has 4 rings (SSSR count). The highest BCUT2D eigenvalue weighted by Crippen LogP contribution is 2.43. The van der Waals surface area contributed by atoms with E-state index in [0.717, 1.165) is 50.4 Å². The van der Waals surface area contributed by atoms with Crippen molar-refractivity contribution in [1.82, 2.24) is 0 Å². The van der Waals surface area contributed by atoms with Gasteiger partial charge in [-0.2, -0.15) is 0 Å². The van der Waals surface area contributed by atoms with Crippen LogP contribution < -0.4 is 9.47 Å². The monoisotopic (exact) mass is 683 g/mol. The molecule has 0 saturated heterocycles. The molecule has 0 spiro atoms. The second-order valence-electron chi connectivity index (χ2n) is 15.5. The topological polar surface area (TPSA) is 18.5 Å². The van der Waals surface area contributed by atoms with Crippen LogP contribution >= 0.6 is 0 Å². The number of ether oxygens (including phenoxy) is 2. The largest absolute Gasteiger partial charge is 0.494 e. The van der Waals surface area contributed by atoms with Crippen LogP contribution in [-0.2, 0) is 12.8 Å². The first-order valence-electron chi connectivity index (χ1n) is 21.7. The fourth-order valence-corrected chi connectivity index (χ4v) is 8.01. The van der Waals surface area contributed by atoms with Crippen molar-refractivity contribution >= 4 is 32.3 Å². The molecule has 2 nitrogen and oxygen atoms in total. The highest BCUT2D eigenvalue weighted by Gasteiger charge is 2.18. The van der Waals surface area contributed by atoms with Crippen LogP contribution in [0.1, 0.15) is 193 Å². The van der Waals surface area contributed by atoms with Crippen LogP contribution in [0.4, 0.5) is 0 Å². The number of unbranched alkanes of at least 4 members (excludes halogenated alkanes) is 20. The zero-order valence-corrected chi connectivity index (χ0v) is 33.1. The molecular weight excluding hydrogens is 609 g/mol. The van der Waals surface area contributed by atoms with Gasteiger partial charge in [0, 0.05) is 0 Å². The molecule has 0 aliphatic heterocycles. The molecule has 0 fully saturated rings. The second kappa shape index (κ2) is 23.9. The van der Waals surface area contributed by atoms with E-state index < -0.39 is 0 Å². The van der Waals surface area contributed by atoms with E-state index in [2.05, 4.69) is 64.1 Å². The lowest BCUT2D eigenvalue weighted by Gasteiger charge is -2.20. The highest BCUT2D eigenvalue weighted by molar-refractivity contribution is 6.25. The Morgan fingerprint density at radius 2 is 0.660 bits per heavy atom. The van der Waals surface area contributed by atoms with Gasteiger partial charge in [0.15, 0.2) is 0 Å². The van der Waals surface area contributed by atoms with Crippen LogP contribution in [0.5, 0.6) is 11.5 Å². The minimum atomic E-state index is 0.816. The van der Waals surface area contributed by atoms with Gasteiger partial charge in [-0.25, -0.2) is 0 Å². The lowest BCUT2D eigenvalue weighted by molar-refractivity contribution is 0.305. The standard InChI is InChI=1S/C48H74O2/c1-5-9-13-17-21-25-29-39-33-41-35-44(50-32-28-24-20-16-12-8-4)38-46-40(30-26-22-18-14-10-6-2)34-42-36-43(37-45(39)47(42)48(41)46)49-31-27-23-19-15-11-7-3/h33-38H,5-32H2,1-4H3. The molecule has 50 heavy (non-hydrogen) atoms. The predicted octanol–water partition coefficient (Wildman–Crippen LogP) is 15.9. The molecule has 0 N–H and O–H groups in total. The van der Waals surface area contributed by atoms with Crippen molar-refractivity contribution in [2.45, 2.75) is 195 Å². The van der Waals surface area contributed by atoms with Crippen LogP contribution in [-0.4, -0.2) is 13.2 Å². The molecule has 0 unspecified atom stereocenters. The van der Waals surface area contributed by atoms with E-state index in [-0.39, 0.29) is 0 Å². The molecule has 0 aliphatic rings. The van der Waals surface area contributed by atoms with Gasteiger partial charge in [0.05, 0.1) is 13.2 Å². The second-order valence-corrected chi connectivity index (χ2v) is 15.5. The Hall–Kier alpha value is -2.48. The zero-order chi connectivity index (χ0) is 35.2. The van der Waals surface area contributed by atoms with Crippen molar-refractivity contribution in [3.63, 3.8) is 0 Å². The molecule has 2 heteroatoms. The number of hydrogen-bond acceptors (Lipinski definition) is 2. The van der Waals surface area contributed by atoms with Gasteiger partial charge in [0.2, 0.25) is 0 Å². The first-order valence-corrected chi connectivity index (χ1v) is 21.7. The van der Waals surface area contributed by atoms with Gasteiger partial charge in [-0.3, -0.25) is 0 Å². The first-order chi connectivity index (χ1) is 24.7. The molecule has 0 aliphatic carbocycles. The van der Waals surface area contributed by atoms with Crippen LogP contribution in [0.2, 0.25) is 0 Å². The molecule has 0 amide bonds. The zero-order valence-electron chi connectivity index (χ0n) is 33.1. The van der Waals surface area contributed by atoms with Crippen molar-refractivity contribution in [1.29, 1.82) is 0 Å². The normalized spacial score (nSPS) is 11.8. The van der Waals surface area contributed by atoms with Crippen LogP contribution in [0.3, 0.4) is 0 Å². The third-order valence-corrected chi connectivity index (χ3v) is 11.0. The lowest BCUT2D eigenvalue weighted by atomic mass is 9.86. The predicted molar refractivity (Wildman–Crippen MR) is 222 cm³/mol. The number of aryl methyl sites for hydroxylation is 2. The van der Waals surface area contributed by atoms with Gasteiger partial charge < -0.3 is 9.47 Å². The summed E-state index contributed by atoms with van der Waals surface area (Å²) in [6, 6.07) is 14.6. The minimum absolute atomic E-state index is 0.816. The highest BCUT2D eigenvalue weighted by atomic mass is 16.5. The first kappa shape index (κ1) is 40.3. The maximum absolute atomic E-state index is 6.55. The third-order valence-electron chi connectivity index (χ3n) is 11.0. The third kappa shape index (κ3) is 12.9.